The number of nitrogens with zero attached hydrogens (tertiary/aromatic N) is 1. The molecule has 0 unspecified atom stereocenters. The molecule has 0 aliphatic heterocycles. The highest BCUT2D eigenvalue weighted by atomic mass is 16.4. The first-order chi connectivity index (χ1) is 9.38. The largest absolute Gasteiger partial charge is 0.498 e. The third kappa shape index (κ3) is 1.30. The number of hydrogen-bond acceptors (Lipinski definition) is 1. The monoisotopic (exact) mass is 243 g/mol. The Morgan fingerprint density at radius 3 is 2.11 bits per heavy atom. The van der Waals surface area contributed by atoms with Crippen molar-refractivity contribution in [1.82, 2.24) is 0 Å². The maximum absolute atomic E-state index is 10.5. The van der Waals surface area contributed by atoms with Crippen molar-refractivity contribution in [3.63, 3.8) is 0 Å². The third-order valence-corrected chi connectivity index (χ3v) is 3.69. The van der Waals surface area contributed by atoms with Crippen LogP contribution in [0.4, 0.5) is 0 Å². The van der Waals surface area contributed by atoms with E-state index in [0.29, 0.717) is 0 Å². The Morgan fingerprint density at radius 1 is 0.737 bits per heavy atom. The van der Waals surface area contributed by atoms with E-state index in [4.69, 9.17) is 0 Å². The van der Waals surface area contributed by atoms with Gasteiger partial charge in [-0.25, -0.2) is 0 Å². The van der Waals surface area contributed by atoms with Crippen LogP contribution in [0.15, 0.2) is 54.6 Å². The number of hydrogen-bond donors (Lipinski definition) is 0. The summed E-state index contributed by atoms with van der Waals surface area (Å²) in [6, 6.07) is 21.1. The van der Waals surface area contributed by atoms with E-state index in [1.54, 1.807) is 0 Å². The summed E-state index contributed by atoms with van der Waals surface area (Å²) >= 11 is 0. The van der Waals surface area contributed by atoms with Gasteiger partial charge in [0.15, 0.2) is 0 Å². The molecule has 2 nitrogen and oxygen atoms in total. The van der Waals surface area contributed by atoms with Gasteiger partial charge < -0.3 is 5.21 Å². The highest BCUT2D eigenvalue weighted by Crippen LogP contribution is 2.35. The summed E-state index contributed by atoms with van der Waals surface area (Å²) in [5.41, 5.74) is 0.751. The minimum atomic E-state index is 0.751. The lowest BCUT2D eigenvalue weighted by Crippen LogP contribution is -1.86. The van der Waals surface area contributed by atoms with Crippen LogP contribution in [0.25, 0.3) is 37.3 Å². The van der Waals surface area contributed by atoms with Gasteiger partial charge in [0.1, 0.15) is 5.56 Å². The van der Waals surface area contributed by atoms with Gasteiger partial charge in [0, 0.05) is 10.4 Å². The van der Waals surface area contributed by atoms with Gasteiger partial charge in [0.2, 0.25) is 0 Å². The maximum atomic E-state index is 10.5. The van der Waals surface area contributed by atoms with E-state index in [0.717, 1.165) is 10.9 Å². The molecule has 0 atom stereocenters. The highest BCUT2D eigenvalue weighted by molar-refractivity contribution is 6.23. The van der Waals surface area contributed by atoms with Crippen LogP contribution in [0.5, 0.6) is 0 Å². The average molecular weight is 243 g/mol. The van der Waals surface area contributed by atoms with Crippen LogP contribution in [0, 0.1) is 11.3 Å². The molecule has 4 aromatic carbocycles. The molecular weight excluding hydrogens is 234 g/mol. The molecule has 0 radical (unpaired) electrons. The zero-order chi connectivity index (χ0) is 12.8. The zero-order valence-electron chi connectivity index (χ0n) is 10.1. The first-order valence-corrected chi connectivity index (χ1v) is 6.13. The molecule has 0 aliphatic carbocycles. The van der Waals surface area contributed by atoms with Gasteiger partial charge in [-0.05, 0) is 33.0 Å². The second kappa shape index (κ2) is 3.60. The van der Waals surface area contributed by atoms with Crippen molar-refractivity contribution in [2.24, 2.45) is 0 Å². The molecule has 0 aromatic heterocycles. The molecule has 0 heterocycles. The van der Waals surface area contributed by atoms with Crippen molar-refractivity contribution < 1.29 is 0 Å². The summed E-state index contributed by atoms with van der Waals surface area (Å²) in [4.78, 5) is 0. The number of rotatable bonds is 0. The van der Waals surface area contributed by atoms with E-state index in [-0.39, 0.29) is 0 Å². The van der Waals surface area contributed by atoms with E-state index in [9.17, 15) is 5.21 Å². The van der Waals surface area contributed by atoms with Gasteiger partial charge >= 0.3 is 6.07 Å². The smallest absolute Gasteiger partial charge is 0.337 e. The lowest BCUT2D eigenvalue weighted by Gasteiger charge is -2.10. The van der Waals surface area contributed by atoms with Crippen LogP contribution < -0.4 is 0 Å². The summed E-state index contributed by atoms with van der Waals surface area (Å²) in [6.45, 7) is 0. The summed E-state index contributed by atoms with van der Waals surface area (Å²) in [5.74, 6) is 0. The molecule has 88 valence electrons. The Morgan fingerprint density at radius 2 is 1.37 bits per heavy atom. The van der Waals surface area contributed by atoms with Crippen LogP contribution in [0.1, 0.15) is 5.56 Å². The first kappa shape index (κ1) is 10.2. The molecule has 4 rings (SSSR count). The van der Waals surface area contributed by atoms with Crippen LogP contribution in [-0.4, -0.2) is 0 Å². The fraction of sp³-hybridized carbons (Fsp3) is 0. The van der Waals surface area contributed by atoms with Crippen molar-refractivity contribution in [3.05, 3.63) is 70.4 Å². The van der Waals surface area contributed by atoms with Gasteiger partial charge in [-0.15, -0.1) is 0 Å². The Balaban J connectivity index is 2.37. The van der Waals surface area contributed by atoms with Crippen molar-refractivity contribution in [3.8, 4) is 6.07 Å². The zero-order valence-corrected chi connectivity index (χ0v) is 10.1. The topological polar surface area (TPSA) is 27.4 Å². The van der Waals surface area contributed by atoms with E-state index < -0.39 is 0 Å². The Hall–Kier alpha value is -2.79. The summed E-state index contributed by atoms with van der Waals surface area (Å²) in [5, 5.41) is 20.3. The van der Waals surface area contributed by atoms with Crippen LogP contribution >= 0.6 is 0 Å². The Kier molecular flexibility index (Phi) is 1.93. The molecular formula is C17H9NO. The standard InChI is InChI=1S/C17H9NO/c19-18-10-14-7-6-13-5-4-11-2-1-3-12-8-9-15(14)17(13)16(11)12/h1-9H. The van der Waals surface area contributed by atoms with Crippen molar-refractivity contribution in [1.29, 1.82) is 0 Å². The summed E-state index contributed by atoms with van der Waals surface area (Å²) < 4.78 is 0. The van der Waals surface area contributed by atoms with E-state index in [2.05, 4.69) is 47.5 Å². The molecule has 19 heavy (non-hydrogen) atoms. The maximum Gasteiger partial charge on any atom is 0.337 e. The third-order valence-electron chi connectivity index (χ3n) is 3.69. The fourth-order valence-electron chi connectivity index (χ4n) is 2.88. The van der Waals surface area contributed by atoms with Gasteiger partial charge in [0.05, 0.1) is 0 Å². The minimum Gasteiger partial charge on any atom is -0.498 e. The normalized spacial score (nSPS) is 10.9. The van der Waals surface area contributed by atoms with E-state index in [1.807, 2.05) is 18.2 Å². The molecule has 0 amide bonds. The second-order valence-electron chi connectivity index (χ2n) is 4.67. The molecule has 2 heteroatoms. The van der Waals surface area contributed by atoms with Crippen LogP contribution in [-0.2, 0) is 0 Å². The molecule has 0 saturated carbocycles. The van der Waals surface area contributed by atoms with Crippen molar-refractivity contribution >= 4 is 32.3 Å². The average Bonchev–Trinajstić information content (AvgIpc) is 2.46. The summed E-state index contributed by atoms with van der Waals surface area (Å²) in [6.07, 6.45) is 0. The van der Waals surface area contributed by atoms with E-state index in [1.165, 1.54) is 26.9 Å². The predicted molar refractivity (Wildman–Crippen MR) is 79.9 cm³/mol. The van der Waals surface area contributed by atoms with Gasteiger partial charge in [-0.1, -0.05) is 48.5 Å². The molecule has 4 aromatic rings. The van der Waals surface area contributed by atoms with Crippen molar-refractivity contribution in [2.45, 2.75) is 0 Å². The quantitative estimate of drug-likeness (QED) is 0.323. The Labute approximate surface area is 109 Å². The molecule has 0 N–H and O–H groups in total. The van der Waals surface area contributed by atoms with Crippen molar-refractivity contribution in [2.75, 3.05) is 0 Å². The minimum absolute atomic E-state index is 0.751. The van der Waals surface area contributed by atoms with E-state index >= 15 is 0 Å². The molecule has 0 fully saturated rings. The lowest BCUT2D eigenvalue weighted by atomic mass is 9.92. The fourth-order valence-corrected chi connectivity index (χ4v) is 2.88. The summed E-state index contributed by atoms with van der Waals surface area (Å²) in [7, 11) is 0. The van der Waals surface area contributed by atoms with Crippen LogP contribution in [0.3, 0.4) is 0 Å². The van der Waals surface area contributed by atoms with Gasteiger partial charge in [-0.3, -0.25) is 0 Å². The predicted octanol–water partition coefficient (Wildman–Crippen LogP) is 4.76. The highest BCUT2D eigenvalue weighted by Gasteiger charge is 2.11. The molecule has 0 spiro atoms. The van der Waals surface area contributed by atoms with Crippen LogP contribution in [0.2, 0.25) is 0 Å². The Bertz CT molecular complexity index is 960. The second-order valence-corrected chi connectivity index (χ2v) is 4.67. The first-order valence-electron chi connectivity index (χ1n) is 6.13. The number of benzene rings is 4. The molecule has 0 saturated heterocycles. The van der Waals surface area contributed by atoms with Gasteiger partial charge in [-0.2, -0.15) is 0 Å². The van der Waals surface area contributed by atoms with Gasteiger partial charge in [0.25, 0.3) is 0 Å². The molecule has 0 aliphatic rings. The lowest BCUT2D eigenvalue weighted by molar-refractivity contribution is 1.73. The SMILES string of the molecule is [O-][N+]#Cc1ccc2ccc3cccc4ccc1c2c34. The molecule has 0 bridgehead atoms.